The maximum absolute atomic E-state index is 9.12. The maximum atomic E-state index is 9.12. The van der Waals surface area contributed by atoms with Gasteiger partial charge in [-0.2, -0.15) is 0 Å². The fourth-order valence-corrected chi connectivity index (χ4v) is 0.964. The average molecular weight is 150 g/mol. The highest BCUT2D eigenvalue weighted by atomic mass is 16.4. The zero-order valence-corrected chi connectivity index (χ0v) is 5.24. The first-order valence-corrected chi connectivity index (χ1v) is 3.03. The Morgan fingerprint density at radius 2 is 1.91 bits per heavy atom. The van der Waals surface area contributed by atoms with Crippen molar-refractivity contribution in [2.24, 2.45) is 0 Å². The number of aromatic hydroxyl groups is 1. The fourth-order valence-electron chi connectivity index (χ4n) is 0.964. The number of hydrogen-bond acceptors (Lipinski definition) is 2. The van der Waals surface area contributed by atoms with E-state index in [1.165, 1.54) is 6.26 Å². The second kappa shape index (κ2) is 2.66. The van der Waals surface area contributed by atoms with Gasteiger partial charge in [0.15, 0.2) is 5.75 Å². The molecule has 2 aromatic rings. The van der Waals surface area contributed by atoms with Crippen LogP contribution in [0.5, 0.6) is 5.75 Å². The lowest BCUT2D eigenvalue weighted by atomic mass is 10.2. The monoisotopic (exact) mass is 150 g/mol. The normalized spacial score (nSPS) is 9.45. The van der Waals surface area contributed by atoms with Crippen molar-refractivity contribution in [2.45, 2.75) is 7.43 Å². The molecule has 0 atom stereocenters. The molecule has 2 rings (SSSR count). The van der Waals surface area contributed by atoms with Gasteiger partial charge in [-0.25, -0.2) is 0 Å². The maximum Gasteiger partial charge on any atom is 0.161 e. The third-order valence-corrected chi connectivity index (χ3v) is 1.46. The Kier molecular flexibility index (Phi) is 1.85. The first kappa shape index (κ1) is 7.66. The minimum absolute atomic E-state index is 0. The van der Waals surface area contributed by atoms with Crippen molar-refractivity contribution in [3.63, 3.8) is 0 Å². The van der Waals surface area contributed by atoms with E-state index in [1.54, 1.807) is 0 Å². The van der Waals surface area contributed by atoms with Crippen molar-refractivity contribution in [1.29, 1.82) is 0 Å². The van der Waals surface area contributed by atoms with Crippen LogP contribution in [-0.4, -0.2) is 5.11 Å². The summed E-state index contributed by atoms with van der Waals surface area (Å²) in [4.78, 5) is 0. The molecule has 0 saturated carbocycles. The molecular weight excluding hydrogens is 140 g/mol. The van der Waals surface area contributed by atoms with Crippen LogP contribution in [-0.2, 0) is 0 Å². The summed E-state index contributed by atoms with van der Waals surface area (Å²) in [6.45, 7) is 0. The first-order valence-electron chi connectivity index (χ1n) is 3.03. The quantitative estimate of drug-likeness (QED) is 0.626. The van der Waals surface area contributed by atoms with Gasteiger partial charge in [-0.1, -0.05) is 19.6 Å². The van der Waals surface area contributed by atoms with Crippen LogP contribution in [0.25, 0.3) is 11.0 Å². The third kappa shape index (κ3) is 1.07. The molecule has 0 unspecified atom stereocenters. The van der Waals surface area contributed by atoms with Crippen LogP contribution in [0.1, 0.15) is 7.43 Å². The predicted octanol–water partition coefficient (Wildman–Crippen LogP) is 2.77. The summed E-state index contributed by atoms with van der Waals surface area (Å²) < 4.78 is 5.00. The number of benzene rings is 1. The summed E-state index contributed by atoms with van der Waals surface area (Å²) in [5.41, 5.74) is 0.722. The van der Waals surface area contributed by atoms with E-state index in [4.69, 9.17) is 9.52 Å². The van der Waals surface area contributed by atoms with Crippen LogP contribution >= 0.6 is 0 Å². The van der Waals surface area contributed by atoms with Crippen LogP contribution in [0.2, 0.25) is 0 Å². The molecule has 0 spiro atoms. The number of para-hydroxylation sites is 1. The molecule has 0 saturated heterocycles. The van der Waals surface area contributed by atoms with Crippen molar-refractivity contribution < 1.29 is 9.52 Å². The summed E-state index contributed by atoms with van der Waals surface area (Å²) in [6, 6.07) is 7.35. The Bertz CT molecular complexity index is 349. The fraction of sp³-hybridized carbons (Fsp3) is 0.111. The number of rotatable bonds is 0. The molecule has 0 fully saturated rings. The van der Waals surface area contributed by atoms with E-state index in [1.807, 2.05) is 24.3 Å². The molecule has 1 aromatic carbocycles. The minimum Gasteiger partial charge on any atom is -0.504 e. The molecule has 0 aliphatic rings. The van der Waals surface area contributed by atoms with Gasteiger partial charge < -0.3 is 9.52 Å². The zero-order valence-electron chi connectivity index (χ0n) is 5.24. The second-order valence-corrected chi connectivity index (χ2v) is 2.12. The van der Waals surface area contributed by atoms with E-state index in [0.717, 1.165) is 11.0 Å². The van der Waals surface area contributed by atoms with Gasteiger partial charge in [0.25, 0.3) is 0 Å². The van der Waals surface area contributed by atoms with Crippen molar-refractivity contribution in [1.82, 2.24) is 0 Å². The summed E-state index contributed by atoms with van der Waals surface area (Å²) >= 11 is 0. The van der Waals surface area contributed by atoms with Crippen LogP contribution in [0.4, 0.5) is 0 Å². The summed E-state index contributed by atoms with van der Waals surface area (Å²) in [7, 11) is 0. The summed E-state index contributed by atoms with van der Waals surface area (Å²) in [5.74, 6) is 0.204. The topological polar surface area (TPSA) is 33.4 Å². The molecule has 2 nitrogen and oxygen atoms in total. The molecular formula is C9H10O2. The molecule has 0 aliphatic heterocycles. The van der Waals surface area contributed by atoms with E-state index < -0.39 is 0 Å². The van der Waals surface area contributed by atoms with Crippen LogP contribution in [0.3, 0.4) is 0 Å². The molecule has 0 aliphatic carbocycles. The number of hydrogen-bond donors (Lipinski definition) is 1. The van der Waals surface area contributed by atoms with Gasteiger partial charge in [-0.05, 0) is 12.1 Å². The highest BCUT2D eigenvalue weighted by Crippen LogP contribution is 2.25. The largest absolute Gasteiger partial charge is 0.504 e. The summed E-state index contributed by atoms with van der Waals surface area (Å²) in [5, 5.41) is 9.88. The molecule has 0 radical (unpaired) electrons. The highest BCUT2D eigenvalue weighted by Gasteiger charge is 1.99. The SMILES string of the molecule is C.Oc1coc2ccccc12. The lowest BCUT2D eigenvalue weighted by Gasteiger charge is -1.84. The molecule has 0 amide bonds. The van der Waals surface area contributed by atoms with Crippen molar-refractivity contribution in [3.05, 3.63) is 30.5 Å². The van der Waals surface area contributed by atoms with Gasteiger partial charge in [0.05, 0.1) is 5.39 Å². The smallest absolute Gasteiger partial charge is 0.161 e. The van der Waals surface area contributed by atoms with Crippen LogP contribution < -0.4 is 0 Å². The predicted molar refractivity (Wildman–Crippen MR) is 44.6 cm³/mol. The van der Waals surface area contributed by atoms with Crippen LogP contribution in [0.15, 0.2) is 34.9 Å². The lowest BCUT2D eigenvalue weighted by Crippen LogP contribution is -1.60. The lowest BCUT2D eigenvalue weighted by molar-refractivity contribution is 0.464. The first-order chi connectivity index (χ1) is 4.88. The van der Waals surface area contributed by atoms with Gasteiger partial charge in [0.2, 0.25) is 0 Å². The van der Waals surface area contributed by atoms with E-state index in [2.05, 4.69) is 0 Å². The Labute approximate surface area is 65.1 Å². The molecule has 58 valence electrons. The Morgan fingerprint density at radius 1 is 1.18 bits per heavy atom. The summed E-state index contributed by atoms with van der Waals surface area (Å²) in [6.07, 6.45) is 1.34. The standard InChI is InChI=1S/C8H6O2.CH4/c9-7-5-10-8-4-2-1-3-6(7)8;/h1-5,9H;1H4. The molecule has 1 aromatic heterocycles. The molecule has 1 N–H and O–H groups in total. The zero-order chi connectivity index (χ0) is 6.97. The molecule has 11 heavy (non-hydrogen) atoms. The Balaban J connectivity index is 0.000000605. The third-order valence-electron chi connectivity index (χ3n) is 1.46. The van der Waals surface area contributed by atoms with Gasteiger partial charge in [0, 0.05) is 0 Å². The molecule has 2 heteroatoms. The van der Waals surface area contributed by atoms with Gasteiger partial charge >= 0.3 is 0 Å². The van der Waals surface area contributed by atoms with Crippen molar-refractivity contribution in [2.75, 3.05) is 0 Å². The van der Waals surface area contributed by atoms with E-state index in [-0.39, 0.29) is 13.2 Å². The highest BCUT2D eigenvalue weighted by molar-refractivity contribution is 5.83. The van der Waals surface area contributed by atoms with Gasteiger partial charge in [0.1, 0.15) is 11.8 Å². The van der Waals surface area contributed by atoms with E-state index >= 15 is 0 Å². The van der Waals surface area contributed by atoms with Crippen LogP contribution in [0, 0.1) is 0 Å². The second-order valence-electron chi connectivity index (χ2n) is 2.12. The molecule has 0 bridgehead atoms. The van der Waals surface area contributed by atoms with Crippen molar-refractivity contribution >= 4 is 11.0 Å². The minimum atomic E-state index is 0. The molecule has 1 heterocycles. The van der Waals surface area contributed by atoms with E-state index in [0.29, 0.717) is 0 Å². The average Bonchev–Trinajstić information content (AvgIpc) is 2.34. The Morgan fingerprint density at radius 3 is 2.64 bits per heavy atom. The number of fused-ring (bicyclic) bond motifs is 1. The van der Waals surface area contributed by atoms with Crippen molar-refractivity contribution in [3.8, 4) is 5.75 Å². The van der Waals surface area contributed by atoms with Gasteiger partial charge in [-0.15, -0.1) is 0 Å². The Hall–Kier alpha value is -1.44. The van der Waals surface area contributed by atoms with E-state index in [9.17, 15) is 0 Å². The van der Waals surface area contributed by atoms with Gasteiger partial charge in [-0.3, -0.25) is 0 Å². The number of furan rings is 1.